The summed E-state index contributed by atoms with van der Waals surface area (Å²) in [7, 11) is 0. The first-order chi connectivity index (χ1) is 5.35. The van der Waals surface area contributed by atoms with Crippen LogP contribution in [-0.4, -0.2) is 12.2 Å². The molecule has 3 heteroatoms. The number of ether oxygens (including phenoxy) is 1. The number of hydrogen-bond donors (Lipinski definition) is 0. The fourth-order valence-electron chi connectivity index (χ4n) is 1.71. The Labute approximate surface area is 65.2 Å². The van der Waals surface area contributed by atoms with Gasteiger partial charge in [-0.3, -0.25) is 0 Å². The summed E-state index contributed by atoms with van der Waals surface area (Å²) < 4.78 is 5.24. The van der Waals surface area contributed by atoms with Gasteiger partial charge in [-0.1, -0.05) is 0 Å². The smallest absolute Gasteiger partial charge is 0.0855 e. The van der Waals surface area contributed by atoms with E-state index in [-0.39, 0.29) is 11.8 Å². The largest absolute Gasteiger partial charge is 0.369 e. The number of fused-ring (bicyclic) bond motifs is 1. The van der Waals surface area contributed by atoms with E-state index in [9.17, 15) is 0 Å². The van der Waals surface area contributed by atoms with Crippen LogP contribution in [0.1, 0.15) is 12.8 Å². The summed E-state index contributed by atoms with van der Waals surface area (Å²) in [6.45, 7) is 0. The molecule has 4 unspecified atom stereocenters. The molecule has 0 amide bonds. The predicted molar refractivity (Wildman–Crippen MR) is 36.1 cm³/mol. The molecule has 4 atom stereocenters. The SMILES string of the molecule is N#CC1CC2OC2CC1C#N. The Morgan fingerprint density at radius 2 is 1.45 bits per heavy atom. The molecule has 1 aliphatic heterocycles. The lowest BCUT2D eigenvalue weighted by Crippen LogP contribution is -2.21. The highest BCUT2D eigenvalue weighted by molar-refractivity contribution is 5.08. The van der Waals surface area contributed by atoms with Crippen LogP contribution in [0.2, 0.25) is 0 Å². The van der Waals surface area contributed by atoms with E-state index in [0.29, 0.717) is 12.2 Å². The van der Waals surface area contributed by atoms with Crippen molar-refractivity contribution in [3.63, 3.8) is 0 Å². The van der Waals surface area contributed by atoms with E-state index in [1.165, 1.54) is 0 Å². The highest BCUT2D eigenvalue weighted by Gasteiger charge is 2.48. The molecule has 0 aromatic rings. The zero-order valence-electron chi connectivity index (χ0n) is 6.03. The zero-order chi connectivity index (χ0) is 7.84. The summed E-state index contributed by atoms with van der Waals surface area (Å²) in [6.07, 6.45) is 2.12. The summed E-state index contributed by atoms with van der Waals surface area (Å²) in [5, 5.41) is 17.3. The van der Waals surface area contributed by atoms with Crippen molar-refractivity contribution < 1.29 is 4.74 Å². The fourth-order valence-corrected chi connectivity index (χ4v) is 1.71. The van der Waals surface area contributed by atoms with Gasteiger partial charge in [-0.2, -0.15) is 10.5 Å². The maximum atomic E-state index is 8.67. The predicted octanol–water partition coefficient (Wildman–Crippen LogP) is 0.827. The average molecular weight is 148 g/mol. The van der Waals surface area contributed by atoms with Crippen molar-refractivity contribution in [2.45, 2.75) is 25.0 Å². The maximum absolute atomic E-state index is 8.67. The molecule has 1 saturated carbocycles. The Balaban J connectivity index is 2.08. The Kier molecular flexibility index (Phi) is 1.34. The lowest BCUT2D eigenvalue weighted by Gasteiger charge is -2.16. The average Bonchev–Trinajstić information content (AvgIpc) is 2.79. The summed E-state index contributed by atoms with van der Waals surface area (Å²) in [5.41, 5.74) is 0. The van der Waals surface area contributed by atoms with Gasteiger partial charge in [-0.25, -0.2) is 0 Å². The van der Waals surface area contributed by atoms with Gasteiger partial charge in [0, 0.05) is 0 Å². The van der Waals surface area contributed by atoms with Crippen LogP contribution in [0.3, 0.4) is 0 Å². The Morgan fingerprint density at radius 1 is 1.00 bits per heavy atom. The second-order valence-electron chi connectivity index (χ2n) is 3.16. The van der Waals surface area contributed by atoms with Gasteiger partial charge in [0.05, 0.1) is 36.2 Å². The van der Waals surface area contributed by atoms with Crippen LogP contribution in [-0.2, 0) is 4.74 Å². The summed E-state index contributed by atoms with van der Waals surface area (Å²) in [5.74, 6) is -0.188. The van der Waals surface area contributed by atoms with Gasteiger partial charge in [-0.05, 0) is 12.8 Å². The van der Waals surface area contributed by atoms with Gasteiger partial charge in [0.2, 0.25) is 0 Å². The molecule has 2 fully saturated rings. The molecule has 11 heavy (non-hydrogen) atoms. The zero-order valence-corrected chi connectivity index (χ0v) is 6.03. The van der Waals surface area contributed by atoms with Crippen LogP contribution in [0.5, 0.6) is 0 Å². The summed E-state index contributed by atoms with van der Waals surface area (Å²) in [6, 6.07) is 4.32. The van der Waals surface area contributed by atoms with E-state index >= 15 is 0 Å². The van der Waals surface area contributed by atoms with Crippen molar-refractivity contribution in [3.05, 3.63) is 0 Å². The molecule has 1 heterocycles. The second kappa shape index (κ2) is 2.22. The molecule has 0 aromatic carbocycles. The molecular weight excluding hydrogens is 140 g/mol. The second-order valence-corrected chi connectivity index (χ2v) is 3.16. The normalized spacial score (nSPS) is 46.7. The number of hydrogen-bond acceptors (Lipinski definition) is 3. The van der Waals surface area contributed by atoms with Crippen molar-refractivity contribution in [2.24, 2.45) is 11.8 Å². The van der Waals surface area contributed by atoms with Crippen molar-refractivity contribution in [1.82, 2.24) is 0 Å². The highest BCUT2D eigenvalue weighted by Crippen LogP contribution is 2.42. The lowest BCUT2D eigenvalue weighted by molar-refractivity contribution is 0.370. The minimum absolute atomic E-state index is 0.0938. The van der Waals surface area contributed by atoms with Crippen LogP contribution >= 0.6 is 0 Å². The van der Waals surface area contributed by atoms with Gasteiger partial charge in [0.15, 0.2) is 0 Å². The Hall–Kier alpha value is -1.06. The van der Waals surface area contributed by atoms with Gasteiger partial charge >= 0.3 is 0 Å². The van der Waals surface area contributed by atoms with Crippen molar-refractivity contribution >= 4 is 0 Å². The van der Waals surface area contributed by atoms with E-state index in [1.54, 1.807) is 0 Å². The van der Waals surface area contributed by atoms with E-state index in [2.05, 4.69) is 12.1 Å². The quantitative estimate of drug-likeness (QED) is 0.478. The standard InChI is InChI=1S/C8H8N2O/c9-3-5-1-7-8(11-7)2-6(5)4-10/h5-8H,1-2H2. The number of rotatable bonds is 0. The molecule has 0 aromatic heterocycles. The molecule has 0 bridgehead atoms. The molecule has 0 spiro atoms. The number of nitrogens with zero attached hydrogens (tertiary/aromatic N) is 2. The number of epoxide rings is 1. The van der Waals surface area contributed by atoms with Crippen molar-refractivity contribution in [2.75, 3.05) is 0 Å². The third-order valence-corrected chi connectivity index (χ3v) is 2.48. The first-order valence-electron chi connectivity index (χ1n) is 3.80. The van der Waals surface area contributed by atoms with Crippen LogP contribution in [0.15, 0.2) is 0 Å². The van der Waals surface area contributed by atoms with Crippen LogP contribution < -0.4 is 0 Å². The number of nitriles is 2. The molecule has 1 saturated heterocycles. The lowest BCUT2D eigenvalue weighted by atomic mass is 9.81. The minimum atomic E-state index is -0.0938. The van der Waals surface area contributed by atoms with E-state index in [4.69, 9.17) is 15.3 Å². The summed E-state index contributed by atoms with van der Waals surface area (Å²) in [4.78, 5) is 0. The minimum Gasteiger partial charge on any atom is -0.369 e. The maximum Gasteiger partial charge on any atom is 0.0855 e. The van der Waals surface area contributed by atoms with Crippen LogP contribution in [0.25, 0.3) is 0 Å². The molecule has 56 valence electrons. The van der Waals surface area contributed by atoms with Gasteiger partial charge in [0.1, 0.15) is 0 Å². The molecule has 0 radical (unpaired) electrons. The van der Waals surface area contributed by atoms with E-state index in [1.807, 2.05) is 0 Å². The van der Waals surface area contributed by atoms with Crippen LogP contribution in [0.4, 0.5) is 0 Å². The third-order valence-electron chi connectivity index (χ3n) is 2.48. The Morgan fingerprint density at radius 3 is 1.82 bits per heavy atom. The fraction of sp³-hybridized carbons (Fsp3) is 0.750. The van der Waals surface area contributed by atoms with Crippen LogP contribution in [0, 0.1) is 34.5 Å². The van der Waals surface area contributed by atoms with Gasteiger partial charge < -0.3 is 4.74 Å². The summed E-state index contributed by atoms with van der Waals surface area (Å²) >= 11 is 0. The first kappa shape index (κ1) is 6.64. The first-order valence-corrected chi connectivity index (χ1v) is 3.80. The van der Waals surface area contributed by atoms with Gasteiger partial charge in [0.25, 0.3) is 0 Å². The molecule has 1 aliphatic carbocycles. The topological polar surface area (TPSA) is 60.1 Å². The van der Waals surface area contributed by atoms with Crippen molar-refractivity contribution in [1.29, 1.82) is 10.5 Å². The van der Waals surface area contributed by atoms with E-state index < -0.39 is 0 Å². The molecule has 2 aliphatic rings. The molecule has 2 rings (SSSR count). The highest BCUT2D eigenvalue weighted by atomic mass is 16.6. The Bertz CT molecular complexity index is 224. The monoisotopic (exact) mass is 148 g/mol. The van der Waals surface area contributed by atoms with Crippen molar-refractivity contribution in [3.8, 4) is 12.1 Å². The molecule has 0 N–H and O–H groups in total. The molecule has 3 nitrogen and oxygen atoms in total. The molecular formula is C8H8N2O. The van der Waals surface area contributed by atoms with Gasteiger partial charge in [-0.15, -0.1) is 0 Å². The van der Waals surface area contributed by atoms with E-state index in [0.717, 1.165) is 12.8 Å². The third kappa shape index (κ3) is 0.982.